The Hall–Kier alpha value is -1.89. The lowest BCUT2D eigenvalue weighted by Crippen LogP contribution is -2.15. The third kappa shape index (κ3) is 2.85. The van der Waals surface area contributed by atoms with Crippen molar-refractivity contribution >= 4 is 9.73 Å². The molecule has 7 heteroatoms. The summed E-state index contributed by atoms with van der Waals surface area (Å²) in [5, 5.41) is 4.53. The molecule has 0 aliphatic carbocycles. The lowest BCUT2D eigenvalue weighted by atomic mass is 9.98. The fourth-order valence-electron chi connectivity index (χ4n) is 2.80. The molecule has 0 saturated heterocycles. The molecule has 124 valence electrons. The van der Waals surface area contributed by atoms with E-state index >= 15 is 0 Å². The molecule has 1 aliphatic heterocycles. The standard InChI is InChI=1S/C16H20FN3O2S/c1-10(2)14-15(19-20-7-4-8-22-16(14)20)12-6-5-11(9-13(12)17)23(3,18)21/h5-6,9-10,18H,4,7-8H2,1-3H3. The number of nitrogens with one attached hydrogen (secondary N) is 1. The van der Waals surface area contributed by atoms with E-state index in [1.807, 2.05) is 13.8 Å². The van der Waals surface area contributed by atoms with Crippen molar-refractivity contribution in [1.29, 1.82) is 4.78 Å². The van der Waals surface area contributed by atoms with Gasteiger partial charge in [-0.1, -0.05) is 13.8 Å². The lowest BCUT2D eigenvalue weighted by molar-refractivity contribution is 0.227. The first kappa shape index (κ1) is 16.0. The van der Waals surface area contributed by atoms with Gasteiger partial charge in [0, 0.05) is 35.2 Å². The molecule has 5 nitrogen and oxygen atoms in total. The highest BCUT2D eigenvalue weighted by atomic mass is 32.2. The lowest BCUT2D eigenvalue weighted by Gasteiger charge is -2.17. The highest BCUT2D eigenvalue weighted by Crippen LogP contribution is 2.38. The number of fused-ring (bicyclic) bond motifs is 1. The normalized spacial score (nSPS) is 16.7. The molecule has 0 fully saturated rings. The summed E-state index contributed by atoms with van der Waals surface area (Å²) >= 11 is 0. The van der Waals surface area contributed by atoms with Gasteiger partial charge in [0.15, 0.2) is 0 Å². The van der Waals surface area contributed by atoms with E-state index in [1.165, 1.54) is 18.4 Å². The molecule has 0 saturated carbocycles. The summed E-state index contributed by atoms with van der Waals surface area (Å²) in [7, 11) is -2.94. The van der Waals surface area contributed by atoms with E-state index < -0.39 is 15.5 Å². The van der Waals surface area contributed by atoms with Crippen molar-refractivity contribution < 1.29 is 13.3 Å². The number of hydrogen-bond acceptors (Lipinski definition) is 4. The number of aryl methyl sites for hydroxylation is 1. The molecule has 0 spiro atoms. The molecule has 1 atom stereocenters. The highest BCUT2D eigenvalue weighted by Gasteiger charge is 2.26. The first-order valence-corrected chi connectivity index (χ1v) is 9.53. The molecule has 0 amide bonds. The highest BCUT2D eigenvalue weighted by molar-refractivity contribution is 7.91. The van der Waals surface area contributed by atoms with E-state index in [9.17, 15) is 8.60 Å². The second-order valence-electron chi connectivity index (χ2n) is 6.13. The fraction of sp³-hybridized carbons (Fsp3) is 0.438. The second kappa shape index (κ2) is 5.63. The molecule has 1 aliphatic rings. The predicted octanol–water partition coefficient (Wildman–Crippen LogP) is 3.63. The zero-order valence-corrected chi connectivity index (χ0v) is 14.2. The molecule has 2 heterocycles. The van der Waals surface area contributed by atoms with Gasteiger partial charge in [-0.25, -0.2) is 18.1 Å². The molecule has 1 N–H and O–H groups in total. The maximum Gasteiger partial charge on any atom is 0.215 e. The number of aromatic nitrogens is 2. The van der Waals surface area contributed by atoms with Gasteiger partial charge in [-0.3, -0.25) is 0 Å². The molecule has 0 radical (unpaired) electrons. The van der Waals surface area contributed by atoms with Crippen molar-refractivity contribution in [2.45, 2.75) is 37.6 Å². The topological polar surface area (TPSA) is 68.0 Å². The van der Waals surface area contributed by atoms with Crippen LogP contribution in [0.2, 0.25) is 0 Å². The minimum atomic E-state index is -2.94. The quantitative estimate of drug-likeness (QED) is 0.930. The minimum absolute atomic E-state index is 0.137. The summed E-state index contributed by atoms with van der Waals surface area (Å²) in [6.45, 7) is 5.44. The Morgan fingerprint density at radius 3 is 2.78 bits per heavy atom. The van der Waals surface area contributed by atoms with E-state index in [2.05, 4.69) is 5.10 Å². The van der Waals surface area contributed by atoms with Crippen LogP contribution in [0, 0.1) is 10.6 Å². The van der Waals surface area contributed by atoms with Gasteiger partial charge in [0.1, 0.15) is 11.5 Å². The maximum atomic E-state index is 14.6. The zero-order chi connectivity index (χ0) is 16.8. The number of halogens is 1. The van der Waals surface area contributed by atoms with E-state index in [4.69, 9.17) is 9.52 Å². The van der Waals surface area contributed by atoms with Gasteiger partial charge < -0.3 is 4.74 Å². The molecule has 23 heavy (non-hydrogen) atoms. The third-order valence-electron chi connectivity index (χ3n) is 3.92. The van der Waals surface area contributed by atoms with Gasteiger partial charge in [0.25, 0.3) is 0 Å². The van der Waals surface area contributed by atoms with Crippen LogP contribution >= 0.6 is 0 Å². The van der Waals surface area contributed by atoms with Crippen molar-refractivity contribution in [2.24, 2.45) is 0 Å². The molecular formula is C16H20FN3O2S. The van der Waals surface area contributed by atoms with Crippen molar-refractivity contribution in [3.8, 4) is 17.1 Å². The fourth-order valence-corrected chi connectivity index (χ4v) is 3.45. The molecule has 0 bridgehead atoms. The van der Waals surface area contributed by atoms with Crippen LogP contribution < -0.4 is 4.74 Å². The van der Waals surface area contributed by atoms with Gasteiger partial charge in [0.2, 0.25) is 5.88 Å². The molecule has 2 aromatic rings. The van der Waals surface area contributed by atoms with Crippen LogP contribution in [0.15, 0.2) is 23.1 Å². The van der Waals surface area contributed by atoms with Crippen LogP contribution in [0.3, 0.4) is 0 Å². The monoisotopic (exact) mass is 337 g/mol. The number of rotatable bonds is 3. The van der Waals surface area contributed by atoms with Crippen molar-refractivity contribution in [3.05, 3.63) is 29.6 Å². The van der Waals surface area contributed by atoms with Gasteiger partial charge in [-0.2, -0.15) is 5.10 Å². The summed E-state index contributed by atoms with van der Waals surface area (Å²) < 4.78 is 41.5. The number of ether oxygens (including phenoxy) is 1. The minimum Gasteiger partial charge on any atom is -0.478 e. The van der Waals surface area contributed by atoms with E-state index in [0.29, 0.717) is 23.7 Å². The molecule has 1 aromatic carbocycles. The van der Waals surface area contributed by atoms with Crippen LogP contribution in [0.4, 0.5) is 4.39 Å². The van der Waals surface area contributed by atoms with Crippen LogP contribution in [0.25, 0.3) is 11.3 Å². The van der Waals surface area contributed by atoms with Crippen molar-refractivity contribution in [3.63, 3.8) is 0 Å². The number of hydrogen-bond donors (Lipinski definition) is 1. The van der Waals surface area contributed by atoms with Gasteiger partial charge >= 0.3 is 0 Å². The summed E-state index contributed by atoms with van der Waals surface area (Å²) in [5.41, 5.74) is 1.81. The Labute approximate surface area is 135 Å². The largest absolute Gasteiger partial charge is 0.478 e. The van der Waals surface area contributed by atoms with Crippen LogP contribution in [0.1, 0.15) is 31.7 Å². The first-order valence-electron chi connectivity index (χ1n) is 7.56. The van der Waals surface area contributed by atoms with Crippen LogP contribution in [-0.2, 0) is 16.3 Å². The Morgan fingerprint density at radius 1 is 1.43 bits per heavy atom. The van der Waals surface area contributed by atoms with Crippen LogP contribution in [0.5, 0.6) is 5.88 Å². The summed E-state index contributed by atoms with van der Waals surface area (Å²) in [4.78, 5) is 0.185. The van der Waals surface area contributed by atoms with E-state index in [-0.39, 0.29) is 10.8 Å². The molecule has 3 rings (SSSR count). The second-order valence-corrected chi connectivity index (χ2v) is 8.29. The average Bonchev–Trinajstić information content (AvgIpc) is 2.85. The Bertz CT molecular complexity index is 856. The zero-order valence-electron chi connectivity index (χ0n) is 13.4. The van der Waals surface area contributed by atoms with Crippen LogP contribution in [-0.4, -0.2) is 26.9 Å². The number of nitrogens with zero attached hydrogens (tertiary/aromatic N) is 2. The van der Waals surface area contributed by atoms with Gasteiger partial charge in [0.05, 0.1) is 16.3 Å². The summed E-state index contributed by atoms with van der Waals surface area (Å²) in [6, 6.07) is 4.27. The SMILES string of the molecule is CC(C)c1c(-c2ccc(S(C)(=N)=O)cc2F)nn2c1OCCC2. The number of benzene rings is 1. The van der Waals surface area contributed by atoms with E-state index in [1.54, 1.807) is 10.7 Å². The molecular weight excluding hydrogens is 317 g/mol. The smallest absolute Gasteiger partial charge is 0.215 e. The molecule has 1 aromatic heterocycles. The van der Waals surface area contributed by atoms with Crippen molar-refractivity contribution in [2.75, 3.05) is 12.9 Å². The molecule has 1 unspecified atom stereocenters. The van der Waals surface area contributed by atoms with E-state index in [0.717, 1.165) is 18.5 Å². The van der Waals surface area contributed by atoms with Gasteiger partial charge in [-0.05, 0) is 24.1 Å². The van der Waals surface area contributed by atoms with Gasteiger partial charge in [-0.15, -0.1) is 0 Å². The maximum absolute atomic E-state index is 14.6. The Morgan fingerprint density at radius 2 is 2.17 bits per heavy atom. The summed E-state index contributed by atoms with van der Waals surface area (Å²) in [5.74, 6) is 0.337. The predicted molar refractivity (Wildman–Crippen MR) is 86.9 cm³/mol. The summed E-state index contributed by atoms with van der Waals surface area (Å²) in [6.07, 6.45) is 2.16. The Balaban J connectivity index is 2.17. The first-order chi connectivity index (χ1) is 10.8. The van der Waals surface area contributed by atoms with Crippen molar-refractivity contribution in [1.82, 2.24) is 9.78 Å². The Kier molecular flexibility index (Phi) is 3.91. The third-order valence-corrected chi connectivity index (χ3v) is 5.07. The average molecular weight is 337 g/mol.